The molecule has 0 unspecified atom stereocenters. The fraction of sp³-hybridized carbons (Fsp3) is 0.538. The molecule has 0 radical (unpaired) electrons. The van der Waals surface area contributed by atoms with E-state index in [1.54, 1.807) is 12.1 Å². The Morgan fingerprint density at radius 3 is 2.65 bits per heavy atom. The molecule has 1 aliphatic heterocycles. The van der Waals surface area contributed by atoms with Gasteiger partial charge in [-0.05, 0) is 45.3 Å². The maximum atomic E-state index is 12.2. The molecular weight excluding hydrogens is 276 g/mol. The molecule has 3 N–H and O–H groups in total. The number of nitrogens with two attached hydrogens (primary N) is 1. The van der Waals surface area contributed by atoms with Crippen LogP contribution in [0.5, 0.6) is 0 Å². The van der Waals surface area contributed by atoms with Gasteiger partial charge in [-0.25, -0.2) is 13.1 Å². The number of nitrogens with zero attached hydrogens (tertiary/aromatic N) is 2. The number of rotatable bonds is 3. The van der Waals surface area contributed by atoms with Crippen molar-refractivity contribution in [3.8, 4) is 0 Å². The van der Waals surface area contributed by atoms with Gasteiger partial charge in [0.05, 0.1) is 5.69 Å². The molecule has 6 nitrogen and oxygen atoms in total. The van der Waals surface area contributed by atoms with Crippen LogP contribution in [0.3, 0.4) is 0 Å². The van der Waals surface area contributed by atoms with Crippen LogP contribution in [0.2, 0.25) is 0 Å². The Morgan fingerprint density at radius 1 is 1.20 bits per heavy atom. The summed E-state index contributed by atoms with van der Waals surface area (Å²) in [6.07, 6.45) is 1.01. The smallest absolute Gasteiger partial charge is 0.242 e. The summed E-state index contributed by atoms with van der Waals surface area (Å²) in [6.45, 7) is 3.61. The SMILES string of the molecule is CNS(=O)(=O)c1cc(N)ccc1N1CCCN(C)CC1. The molecule has 0 atom stereocenters. The molecule has 0 spiro atoms. The minimum Gasteiger partial charge on any atom is -0.399 e. The van der Waals surface area contributed by atoms with Gasteiger partial charge in [0, 0.05) is 25.3 Å². The Labute approximate surface area is 120 Å². The maximum Gasteiger partial charge on any atom is 0.242 e. The minimum atomic E-state index is -3.51. The summed E-state index contributed by atoms with van der Waals surface area (Å²) in [7, 11) is -0.0151. The quantitative estimate of drug-likeness (QED) is 0.786. The highest BCUT2D eigenvalue weighted by Gasteiger charge is 2.22. The van der Waals surface area contributed by atoms with Crippen LogP contribution in [0, 0.1) is 0 Å². The fourth-order valence-electron chi connectivity index (χ4n) is 2.40. The molecule has 1 heterocycles. The van der Waals surface area contributed by atoms with Gasteiger partial charge in [-0.1, -0.05) is 0 Å². The number of benzene rings is 1. The summed E-state index contributed by atoms with van der Waals surface area (Å²) in [5.41, 5.74) is 6.92. The Morgan fingerprint density at radius 2 is 1.95 bits per heavy atom. The number of hydrogen-bond donors (Lipinski definition) is 2. The van der Waals surface area contributed by atoms with Crippen LogP contribution >= 0.6 is 0 Å². The second kappa shape index (κ2) is 5.99. The molecular formula is C13H22N4O2S. The van der Waals surface area contributed by atoms with Gasteiger partial charge < -0.3 is 15.5 Å². The lowest BCUT2D eigenvalue weighted by Gasteiger charge is -2.25. The van der Waals surface area contributed by atoms with Gasteiger partial charge in [0.25, 0.3) is 0 Å². The second-order valence-electron chi connectivity index (χ2n) is 5.08. The van der Waals surface area contributed by atoms with Gasteiger partial charge in [-0.15, -0.1) is 0 Å². The molecule has 0 amide bonds. The van der Waals surface area contributed by atoms with E-state index < -0.39 is 10.0 Å². The first kappa shape index (κ1) is 15.1. The van der Waals surface area contributed by atoms with E-state index in [4.69, 9.17) is 5.73 Å². The maximum absolute atomic E-state index is 12.2. The predicted molar refractivity (Wildman–Crippen MR) is 81.4 cm³/mol. The van der Waals surface area contributed by atoms with E-state index in [1.807, 2.05) is 0 Å². The zero-order chi connectivity index (χ0) is 14.8. The number of likely N-dealkylation sites (N-methyl/N-ethyl adjacent to an activating group) is 1. The largest absolute Gasteiger partial charge is 0.399 e. The van der Waals surface area contributed by atoms with Crippen LogP contribution in [0.4, 0.5) is 11.4 Å². The molecule has 0 aliphatic carbocycles. The summed E-state index contributed by atoms with van der Waals surface area (Å²) < 4.78 is 26.7. The van der Waals surface area contributed by atoms with Crippen molar-refractivity contribution in [2.75, 3.05) is 50.9 Å². The van der Waals surface area contributed by atoms with Crippen molar-refractivity contribution in [1.29, 1.82) is 0 Å². The van der Waals surface area contributed by atoms with Crippen LogP contribution in [-0.2, 0) is 10.0 Å². The highest BCUT2D eigenvalue weighted by molar-refractivity contribution is 7.89. The van der Waals surface area contributed by atoms with Gasteiger partial charge in [0.15, 0.2) is 0 Å². The first-order valence-electron chi connectivity index (χ1n) is 6.70. The lowest BCUT2D eigenvalue weighted by atomic mass is 10.2. The van der Waals surface area contributed by atoms with E-state index in [0.717, 1.165) is 38.3 Å². The van der Waals surface area contributed by atoms with Crippen molar-refractivity contribution in [3.05, 3.63) is 18.2 Å². The number of hydrogen-bond acceptors (Lipinski definition) is 5. The average molecular weight is 298 g/mol. The average Bonchev–Trinajstić information content (AvgIpc) is 2.63. The number of nitrogens with one attached hydrogen (secondary N) is 1. The van der Waals surface area contributed by atoms with E-state index in [1.165, 1.54) is 13.1 Å². The molecule has 1 fully saturated rings. The Hall–Kier alpha value is -1.31. The second-order valence-corrected chi connectivity index (χ2v) is 6.93. The highest BCUT2D eigenvalue weighted by Crippen LogP contribution is 2.28. The van der Waals surface area contributed by atoms with E-state index >= 15 is 0 Å². The van der Waals surface area contributed by atoms with Crippen molar-refractivity contribution < 1.29 is 8.42 Å². The fourth-order valence-corrected chi connectivity index (χ4v) is 3.39. The molecule has 2 rings (SSSR count). The monoisotopic (exact) mass is 298 g/mol. The lowest BCUT2D eigenvalue weighted by molar-refractivity contribution is 0.360. The van der Waals surface area contributed by atoms with Crippen LogP contribution < -0.4 is 15.4 Å². The van der Waals surface area contributed by atoms with Crippen molar-refractivity contribution in [2.24, 2.45) is 0 Å². The van der Waals surface area contributed by atoms with Crippen LogP contribution in [-0.4, -0.2) is 53.6 Å². The van der Waals surface area contributed by atoms with Gasteiger partial charge in [-0.2, -0.15) is 0 Å². The summed E-state index contributed by atoms with van der Waals surface area (Å²) >= 11 is 0. The Bertz CT molecular complexity index is 574. The molecule has 20 heavy (non-hydrogen) atoms. The minimum absolute atomic E-state index is 0.254. The topological polar surface area (TPSA) is 78.7 Å². The number of sulfonamides is 1. The molecule has 0 bridgehead atoms. The van der Waals surface area contributed by atoms with Crippen molar-refractivity contribution >= 4 is 21.4 Å². The van der Waals surface area contributed by atoms with E-state index in [0.29, 0.717) is 5.69 Å². The predicted octanol–water partition coefficient (Wildman–Crippen LogP) is 0.319. The van der Waals surface area contributed by atoms with Gasteiger partial charge in [0.2, 0.25) is 10.0 Å². The number of anilines is 2. The van der Waals surface area contributed by atoms with Crippen molar-refractivity contribution in [3.63, 3.8) is 0 Å². The third-order valence-corrected chi connectivity index (χ3v) is 5.05. The van der Waals surface area contributed by atoms with Crippen molar-refractivity contribution in [2.45, 2.75) is 11.3 Å². The summed E-state index contributed by atoms with van der Waals surface area (Å²) in [4.78, 5) is 4.63. The lowest BCUT2D eigenvalue weighted by Crippen LogP contribution is -2.31. The molecule has 112 valence electrons. The van der Waals surface area contributed by atoms with Gasteiger partial charge in [0.1, 0.15) is 4.90 Å². The number of nitrogen functional groups attached to an aromatic ring is 1. The third kappa shape index (κ3) is 3.23. The summed E-state index contributed by atoms with van der Waals surface area (Å²) in [5.74, 6) is 0. The zero-order valence-corrected chi connectivity index (χ0v) is 12.8. The first-order valence-corrected chi connectivity index (χ1v) is 8.19. The molecule has 1 aromatic carbocycles. The standard InChI is InChI=1S/C13H22N4O2S/c1-15-20(18,19)13-10-11(14)4-5-12(13)17-7-3-6-16(2)8-9-17/h4-5,10,15H,3,6-9,14H2,1-2H3. The Balaban J connectivity index is 2.41. The first-order chi connectivity index (χ1) is 9.44. The third-order valence-electron chi connectivity index (χ3n) is 3.60. The molecule has 0 saturated carbocycles. The van der Waals surface area contributed by atoms with Crippen LogP contribution in [0.15, 0.2) is 23.1 Å². The molecule has 0 aromatic heterocycles. The molecule has 1 aliphatic rings. The van der Waals surface area contributed by atoms with E-state index in [9.17, 15) is 8.42 Å². The summed E-state index contributed by atoms with van der Waals surface area (Å²) in [5, 5.41) is 0. The Kier molecular flexibility index (Phi) is 4.52. The van der Waals surface area contributed by atoms with Gasteiger partial charge in [-0.3, -0.25) is 0 Å². The van der Waals surface area contributed by atoms with E-state index in [2.05, 4.69) is 21.6 Å². The molecule has 7 heteroatoms. The highest BCUT2D eigenvalue weighted by atomic mass is 32.2. The normalized spacial score (nSPS) is 18.0. The molecule has 1 aromatic rings. The van der Waals surface area contributed by atoms with E-state index in [-0.39, 0.29) is 4.90 Å². The summed E-state index contributed by atoms with van der Waals surface area (Å²) in [6, 6.07) is 5.07. The van der Waals surface area contributed by atoms with Crippen LogP contribution in [0.1, 0.15) is 6.42 Å². The van der Waals surface area contributed by atoms with Crippen LogP contribution in [0.25, 0.3) is 0 Å². The van der Waals surface area contributed by atoms with Gasteiger partial charge >= 0.3 is 0 Å². The van der Waals surface area contributed by atoms with Crippen molar-refractivity contribution in [1.82, 2.24) is 9.62 Å². The molecule has 1 saturated heterocycles. The zero-order valence-electron chi connectivity index (χ0n) is 12.0.